The molecule has 6 nitrogen and oxygen atoms in total. The van der Waals surface area contributed by atoms with Gasteiger partial charge in [0.15, 0.2) is 0 Å². The van der Waals surface area contributed by atoms with Crippen molar-refractivity contribution in [1.29, 1.82) is 0 Å². The fourth-order valence-corrected chi connectivity index (χ4v) is 2.70. The largest absolute Gasteiger partial charge is 0.444 e. The molecule has 128 valence electrons. The Labute approximate surface area is 145 Å². The second kappa shape index (κ2) is 7.61. The van der Waals surface area contributed by atoms with Crippen LogP contribution in [0.25, 0.3) is 0 Å². The molecule has 0 radical (unpaired) electrons. The first-order valence-electron chi connectivity index (χ1n) is 8.04. The van der Waals surface area contributed by atoms with Gasteiger partial charge in [0.2, 0.25) is 11.8 Å². The molecular weight excluding hydrogens is 320 g/mol. The van der Waals surface area contributed by atoms with Crippen molar-refractivity contribution in [3.8, 4) is 0 Å². The molecule has 1 aliphatic rings. The lowest BCUT2D eigenvalue weighted by molar-refractivity contribution is -0.131. The van der Waals surface area contributed by atoms with Gasteiger partial charge in [-0.05, 0) is 24.1 Å². The summed E-state index contributed by atoms with van der Waals surface area (Å²) >= 11 is 0. The second-order valence-electron chi connectivity index (χ2n) is 5.71. The number of amides is 3. The van der Waals surface area contributed by atoms with Crippen molar-refractivity contribution in [2.45, 2.75) is 25.5 Å². The quantitative estimate of drug-likeness (QED) is 0.930. The number of carbonyl (C=O) groups excluding carboxylic acids is 3. The van der Waals surface area contributed by atoms with Crippen molar-refractivity contribution in [2.24, 2.45) is 0 Å². The lowest BCUT2D eigenvalue weighted by atomic mass is 10.2. The molecular formula is C19H18N2O4. The zero-order valence-corrected chi connectivity index (χ0v) is 13.6. The maximum Gasteiger partial charge on any atom is 0.417 e. The number of imide groups is 1. The minimum atomic E-state index is -0.851. The van der Waals surface area contributed by atoms with Crippen LogP contribution in [-0.2, 0) is 20.9 Å². The van der Waals surface area contributed by atoms with Crippen LogP contribution in [0.4, 0.5) is 10.5 Å². The topological polar surface area (TPSA) is 75.7 Å². The summed E-state index contributed by atoms with van der Waals surface area (Å²) in [5, 5.41) is 2.72. The average molecular weight is 338 g/mol. The van der Waals surface area contributed by atoms with E-state index in [0.717, 1.165) is 10.5 Å². The van der Waals surface area contributed by atoms with Gasteiger partial charge in [-0.3, -0.25) is 9.59 Å². The molecule has 0 unspecified atom stereocenters. The zero-order valence-electron chi connectivity index (χ0n) is 13.6. The van der Waals surface area contributed by atoms with Gasteiger partial charge in [-0.25, -0.2) is 9.69 Å². The number of para-hydroxylation sites is 1. The molecule has 2 aromatic rings. The first-order chi connectivity index (χ1) is 12.1. The number of hydrogen-bond donors (Lipinski definition) is 1. The lowest BCUT2D eigenvalue weighted by Crippen LogP contribution is -2.45. The van der Waals surface area contributed by atoms with Crippen LogP contribution in [0, 0.1) is 0 Å². The Morgan fingerprint density at radius 3 is 2.36 bits per heavy atom. The predicted octanol–water partition coefficient (Wildman–Crippen LogP) is 2.95. The molecule has 1 atom stereocenters. The Hall–Kier alpha value is -3.15. The van der Waals surface area contributed by atoms with E-state index >= 15 is 0 Å². The van der Waals surface area contributed by atoms with Crippen molar-refractivity contribution in [3.63, 3.8) is 0 Å². The van der Waals surface area contributed by atoms with E-state index in [1.165, 1.54) is 0 Å². The van der Waals surface area contributed by atoms with Crippen molar-refractivity contribution in [3.05, 3.63) is 66.2 Å². The van der Waals surface area contributed by atoms with E-state index in [4.69, 9.17) is 4.74 Å². The Balaban J connectivity index is 1.64. The van der Waals surface area contributed by atoms with Gasteiger partial charge in [0.25, 0.3) is 0 Å². The van der Waals surface area contributed by atoms with E-state index in [9.17, 15) is 14.4 Å². The summed E-state index contributed by atoms with van der Waals surface area (Å²) in [5.41, 5.74) is 1.43. The van der Waals surface area contributed by atoms with E-state index < -0.39 is 23.9 Å². The van der Waals surface area contributed by atoms with Gasteiger partial charge in [-0.2, -0.15) is 0 Å². The highest BCUT2D eigenvalue weighted by atomic mass is 16.6. The fourth-order valence-electron chi connectivity index (χ4n) is 2.70. The molecule has 6 heteroatoms. The number of ether oxygens (including phenoxy) is 1. The summed E-state index contributed by atoms with van der Waals surface area (Å²) < 4.78 is 5.20. The normalized spacial score (nSPS) is 16.6. The number of nitrogens with one attached hydrogen (secondary N) is 1. The van der Waals surface area contributed by atoms with Gasteiger partial charge in [-0.15, -0.1) is 0 Å². The zero-order chi connectivity index (χ0) is 17.6. The minimum Gasteiger partial charge on any atom is -0.444 e. The summed E-state index contributed by atoms with van der Waals surface area (Å²) in [5.74, 6) is -0.792. The first kappa shape index (κ1) is 16.7. The molecule has 1 heterocycles. The number of benzene rings is 2. The monoisotopic (exact) mass is 338 g/mol. The van der Waals surface area contributed by atoms with Crippen molar-refractivity contribution < 1.29 is 19.1 Å². The van der Waals surface area contributed by atoms with E-state index in [1.807, 2.05) is 36.4 Å². The van der Waals surface area contributed by atoms with Crippen molar-refractivity contribution in [1.82, 2.24) is 4.90 Å². The van der Waals surface area contributed by atoms with E-state index in [0.29, 0.717) is 5.69 Å². The molecule has 1 fully saturated rings. The summed E-state index contributed by atoms with van der Waals surface area (Å²) in [7, 11) is 0. The van der Waals surface area contributed by atoms with Gasteiger partial charge in [-0.1, -0.05) is 48.5 Å². The summed E-state index contributed by atoms with van der Waals surface area (Å²) in [6.45, 7) is 0.0521. The van der Waals surface area contributed by atoms with Crippen molar-refractivity contribution >= 4 is 23.6 Å². The van der Waals surface area contributed by atoms with E-state index in [2.05, 4.69) is 5.32 Å². The van der Waals surface area contributed by atoms with Gasteiger partial charge < -0.3 is 10.1 Å². The number of likely N-dealkylation sites (tertiary alicyclic amines) is 1. The van der Waals surface area contributed by atoms with Crippen LogP contribution >= 0.6 is 0 Å². The van der Waals surface area contributed by atoms with Crippen LogP contribution in [0.1, 0.15) is 18.4 Å². The predicted molar refractivity (Wildman–Crippen MR) is 91.6 cm³/mol. The Bertz CT molecular complexity index is 762. The smallest absolute Gasteiger partial charge is 0.417 e. The standard InChI is InChI=1S/C19H18N2O4/c22-17-12-11-16(18(23)20-15-9-5-2-6-10-15)21(17)19(24)25-13-14-7-3-1-4-8-14/h1-10,16H,11-13H2,(H,20,23)/t16-/m1/s1. The molecule has 0 spiro atoms. The highest BCUT2D eigenvalue weighted by Gasteiger charge is 2.41. The Kier molecular flexibility index (Phi) is 5.09. The van der Waals surface area contributed by atoms with Gasteiger partial charge in [0.05, 0.1) is 0 Å². The van der Waals surface area contributed by atoms with Crippen molar-refractivity contribution in [2.75, 3.05) is 5.32 Å². The summed E-state index contributed by atoms with van der Waals surface area (Å²) in [6.07, 6.45) is -0.356. The first-order valence-corrected chi connectivity index (χ1v) is 8.04. The number of carbonyl (C=O) groups is 3. The molecule has 1 aliphatic heterocycles. The summed E-state index contributed by atoms with van der Waals surface area (Å²) in [6, 6.07) is 17.2. The number of hydrogen-bond acceptors (Lipinski definition) is 4. The maximum atomic E-state index is 12.4. The molecule has 0 aromatic heterocycles. The molecule has 0 aliphatic carbocycles. The number of nitrogens with zero attached hydrogens (tertiary/aromatic N) is 1. The van der Waals surface area contributed by atoms with E-state index in [1.54, 1.807) is 24.3 Å². The van der Waals surface area contributed by atoms with Crippen LogP contribution in [0.2, 0.25) is 0 Å². The summed E-state index contributed by atoms with van der Waals surface area (Å²) in [4.78, 5) is 37.7. The Morgan fingerprint density at radius 2 is 1.68 bits per heavy atom. The van der Waals surface area contributed by atoms with Crippen LogP contribution in [0.3, 0.4) is 0 Å². The highest BCUT2D eigenvalue weighted by Crippen LogP contribution is 2.22. The van der Waals surface area contributed by atoms with Crippen LogP contribution < -0.4 is 5.32 Å². The highest BCUT2D eigenvalue weighted by molar-refractivity contribution is 6.04. The number of anilines is 1. The molecule has 2 aromatic carbocycles. The second-order valence-corrected chi connectivity index (χ2v) is 5.71. The third kappa shape index (κ3) is 4.03. The Morgan fingerprint density at radius 1 is 1.04 bits per heavy atom. The average Bonchev–Trinajstić information content (AvgIpc) is 3.03. The molecule has 0 saturated carbocycles. The van der Waals surface area contributed by atoms with Crippen LogP contribution in [0.15, 0.2) is 60.7 Å². The number of rotatable bonds is 4. The maximum absolute atomic E-state index is 12.4. The fraction of sp³-hybridized carbons (Fsp3) is 0.211. The third-order valence-corrected chi connectivity index (χ3v) is 3.96. The van der Waals surface area contributed by atoms with Crippen LogP contribution in [0.5, 0.6) is 0 Å². The SMILES string of the molecule is O=C(Nc1ccccc1)[C@H]1CCC(=O)N1C(=O)OCc1ccccc1. The third-order valence-electron chi connectivity index (χ3n) is 3.96. The van der Waals surface area contributed by atoms with Gasteiger partial charge in [0, 0.05) is 12.1 Å². The minimum absolute atomic E-state index is 0.0521. The molecule has 1 saturated heterocycles. The molecule has 0 bridgehead atoms. The van der Waals surface area contributed by atoms with E-state index in [-0.39, 0.29) is 19.4 Å². The molecule has 3 amide bonds. The van der Waals surface area contributed by atoms with Gasteiger partial charge in [0.1, 0.15) is 12.6 Å². The molecule has 25 heavy (non-hydrogen) atoms. The van der Waals surface area contributed by atoms with Gasteiger partial charge >= 0.3 is 6.09 Å². The molecule has 3 rings (SSSR count). The van der Waals surface area contributed by atoms with Crippen LogP contribution in [-0.4, -0.2) is 28.8 Å². The lowest BCUT2D eigenvalue weighted by Gasteiger charge is -2.21. The molecule has 1 N–H and O–H groups in total.